The fraction of sp³-hybridized carbons (Fsp3) is 0.200. The number of hydrogen-bond donors (Lipinski definition) is 2. The number of amides is 1. The van der Waals surface area contributed by atoms with E-state index in [0.717, 1.165) is 11.4 Å². The molecule has 2 aromatic heterocycles. The number of imidazole rings is 1. The molecular formula is C25H23N7O2. The summed E-state index contributed by atoms with van der Waals surface area (Å²) in [5.74, 6) is 5.18. The highest BCUT2D eigenvalue weighted by Crippen LogP contribution is 2.28. The summed E-state index contributed by atoms with van der Waals surface area (Å²) in [7, 11) is 0. The van der Waals surface area contributed by atoms with Gasteiger partial charge in [-0.15, -0.1) is 0 Å². The van der Waals surface area contributed by atoms with Gasteiger partial charge >= 0.3 is 5.69 Å². The molecule has 170 valence electrons. The Morgan fingerprint density at radius 1 is 1.09 bits per heavy atom. The van der Waals surface area contributed by atoms with Crippen LogP contribution in [0.4, 0.5) is 17.2 Å². The second-order valence-corrected chi connectivity index (χ2v) is 8.03. The molecule has 0 unspecified atom stereocenters. The Bertz CT molecular complexity index is 1480. The number of nitrogen functional groups attached to an aromatic ring is 1. The van der Waals surface area contributed by atoms with E-state index >= 15 is 0 Å². The molecule has 4 aromatic rings. The quantitative estimate of drug-likeness (QED) is 0.460. The minimum atomic E-state index is -0.271. The van der Waals surface area contributed by atoms with Crippen LogP contribution in [-0.4, -0.2) is 43.0 Å². The molecule has 1 aliphatic rings. The first-order valence-electron chi connectivity index (χ1n) is 10.9. The average Bonchev–Trinajstić information content (AvgIpc) is 3.43. The highest BCUT2D eigenvalue weighted by Gasteiger charge is 2.31. The van der Waals surface area contributed by atoms with Crippen molar-refractivity contribution in [1.82, 2.24) is 24.0 Å². The van der Waals surface area contributed by atoms with Crippen molar-refractivity contribution in [3.63, 3.8) is 0 Å². The zero-order valence-electron chi connectivity index (χ0n) is 18.6. The maximum atomic E-state index is 13.7. The Hall–Kier alpha value is -4.58. The van der Waals surface area contributed by atoms with Gasteiger partial charge in [0.15, 0.2) is 11.5 Å². The molecule has 0 aliphatic carbocycles. The van der Waals surface area contributed by atoms with Gasteiger partial charge in [-0.1, -0.05) is 24.1 Å². The molecule has 1 saturated heterocycles. The lowest BCUT2D eigenvalue weighted by atomic mass is 10.2. The van der Waals surface area contributed by atoms with E-state index in [-0.39, 0.29) is 23.5 Å². The summed E-state index contributed by atoms with van der Waals surface area (Å²) in [6.07, 6.45) is 1.98. The zero-order chi connectivity index (χ0) is 23.7. The van der Waals surface area contributed by atoms with Gasteiger partial charge in [0.1, 0.15) is 11.8 Å². The van der Waals surface area contributed by atoms with E-state index in [0.29, 0.717) is 36.4 Å². The first-order valence-corrected chi connectivity index (χ1v) is 10.9. The van der Waals surface area contributed by atoms with Crippen LogP contribution in [0.15, 0.2) is 65.7 Å². The van der Waals surface area contributed by atoms with Crippen LogP contribution >= 0.6 is 0 Å². The van der Waals surface area contributed by atoms with Crippen LogP contribution in [-0.2, 0) is 4.79 Å². The summed E-state index contributed by atoms with van der Waals surface area (Å²) in [5.41, 5.74) is 9.34. The summed E-state index contributed by atoms with van der Waals surface area (Å²) in [6, 6.07) is 17.1. The molecule has 1 atom stereocenters. The molecule has 34 heavy (non-hydrogen) atoms. The van der Waals surface area contributed by atoms with Crippen LogP contribution in [0.2, 0.25) is 0 Å². The minimum absolute atomic E-state index is 0.218. The number of hydrogen-bond acceptors (Lipinski definition) is 6. The molecule has 1 amide bonds. The van der Waals surface area contributed by atoms with E-state index in [2.05, 4.69) is 27.1 Å². The third-order valence-corrected chi connectivity index (χ3v) is 5.92. The molecule has 1 aliphatic heterocycles. The standard InChI is InChI=1S/C25H23N7O2/c1-2-6-21(33)30-14-13-20(15-30)32-24-22(23(26)27-16-28-24)31(25(32)34)19-11-9-18(10-12-19)29-17-7-4-3-5-8-17/h3-5,7-12,16,20,29H,13-15H2,1H3,(H2,26,27,28)/t20-/m1/s1. The largest absolute Gasteiger partial charge is 0.382 e. The summed E-state index contributed by atoms with van der Waals surface area (Å²) in [5, 5.41) is 3.33. The number of nitrogens with zero attached hydrogens (tertiary/aromatic N) is 5. The highest BCUT2D eigenvalue weighted by atomic mass is 16.2. The van der Waals surface area contributed by atoms with Crippen molar-refractivity contribution in [1.29, 1.82) is 0 Å². The highest BCUT2D eigenvalue weighted by molar-refractivity contribution is 5.93. The van der Waals surface area contributed by atoms with Gasteiger partial charge in [-0.05, 0) is 55.7 Å². The number of fused-ring (bicyclic) bond motifs is 1. The summed E-state index contributed by atoms with van der Waals surface area (Å²) < 4.78 is 3.16. The van der Waals surface area contributed by atoms with Gasteiger partial charge in [0, 0.05) is 24.5 Å². The lowest BCUT2D eigenvalue weighted by molar-refractivity contribution is -0.124. The van der Waals surface area contributed by atoms with Crippen molar-refractivity contribution < 1.29 is 4.79 Å². The van der Waals surface area contributed by atoms with Crippen LogP contribution in [0.3, 0.4) is 0 Å². The van der Waals surface area contributed by atoms with Crippen LogP contribution in [0, 0.1) is 11.8 Å². The van der Waals surface area contributed by atoms with E-state index in [1.807, 2.05) is 54.6 Å². The number of rotatable bonds is 4. The summed E-state index contributed by atoms with van der Waals surface area (Å²) in [6.45, 7) is 2.54. The number of likely N-dealkylation sites (tertiary alicyclic amines) is 1. The Kier molecular flexibility index (Phi) is 5.47. The van der Waals surface area contributed by atoms with Gasteiger partial charge in [-0.2, -0.15) is 0 Å². The summed E-state index contributed by atoms with van der Waals surface area (Å²) in [4.78, 5) is 36.0. The second kappa shape index (κ2) is 8.75. The summed E-state index contributed by atoms with van der Waals surface area (Å²) >= 11 is 0. The Balaban J connectivity index is 1.54. The maximum absolute atomic E-state index is 13.7. The third-order valence-electron chi connectivity index (χ3n) is 5.92. The number of anilines is 3. The zero-order valence-corrected chi connectivity index (χ0v) is 18.6. The SMILES string of the molecule is CC#CC(=O)N1CC[C@@H](n2c(=O)n(-c3ccc(Nc4ccccc4)cc3)c3c(N)ncnc32)C1. The molecule has 5 rings (SSSR count). The van der Waals surface area contributed by atoms with Crippen molar-refractivity contribution in [2.45, 2.75) is 19.4 Å². The maximum Gasteiger partial charge on any atom is 0.335 e. The van der Waals surface area contributed by atoms with Crippen molar-refractivity contribution in [2.24, 2.45) is 0 Å². The Labute approximate surface area is 195 Å². The number of benzene rings is 2. The number of nitrogens with one attached hydrogen (secondary N) is 1. The number of nitrogens with two attached hydrogens (primary N) is 1. The smallest absolute Gasteiger partial charge is 0.335 e. The molecule has 0 spiro atoms. The van der Waals surface area contributed by atoms with Crippen LogP contribution in [0.25, 0.3) is 16.9 Å². The monoisotopic (exact) mass is 453 g/mol. The first kappa shape index (κ1) is 21.3. The fourth-order valence-electron chi connectivity index (χ4n) is 4.34. The van der Waals surface area contributed by atoms with E-state index in [4.69, 9.17) is 5.73 Å². The van der Waals surface area contributed by atoms with Crippen molar-refractivity contribution in [2.75, 3.05) is 24.1 Å². The van der Waals surface area contributed by atoms with Gasteiger partial charge in [-0.25, -0.2) is 14.8 Å². The predicted octanol–water partition coefficient (Wildman–Crippen LogP) is 2.70. The Morgan fingerprint density at radius 2 is 1.82 bits per heavy atom. The van der Waals surface area contributed by atoms with Crippen molar-refractivity contribution in [3.05, 3.63) is 71.4 Å². The Morgan fingerprint density at radius 3 is 2.56 bits per heavy atom. The van der Waals surface area contributed by atoms with Gasteiger partial charge in [-0.3, -0.25) is 13.9 Å². The first-order chi connectivity index (χ1) is 16.6. The molecule has 3 N–H and O–H groups in total. The molecule has 0 bridgehead atoms. The van der Waals surface area contributed by atoms with Gasteiger partial charge in [0.25, 0.3) is 5.91 Å². The molecule has 0 radical (unpaired) electrons. The molecule has 3 heterocycles. The van der Waals surface area contributed by atoms with Crippen LogP contribution in [0.1, 0.15) is 19.4 Å². The fourth-order valence-corrected chi connectivity index (χ4v) is 4.34. The van der Waals surface area contributed by atoms with Crippen LogP contribution in [0.5, 0.6) is 0 Å². The van der Waals surface area contributed by atoms with Gasteiger partial charge < -0.3 is 16.0 Å². The third kappa shape index (κ3) is 3.75. The molecule has 9 heteroatoms. The predicted molar refractivity (Wildman–Crippen MR) is 131 cm³/mol. The molecule has 0 saturated carbocycles. The number of carbonyl (C=O) groups is 1. The average molecular weight is 454 g/mol. The minimum Gasteiger partial charge on any atom is -0.382 e. The lowest BCUT2D eigenvalue weighted by Crippen LogP contribution is -2.31. The van der Waals surface area contributed by atoms with E-state index in [9.17, 15) is 9.59 Å². The topological polar surface area (TPSA) is 111 Å². The molecule has 9 nitrogen and oxygen atoms in total. The second-order valence-electron chi connectivity index (χ2n) is 8.03. The van der Waals surface area contributed by atoms with Crippen LogP contribution < -0.4 is 16.7 Å². The lowest BCUT2D eigenvalue weighted by Gasteiger charge is -2.14. The molecule has 2 aromatic carbocycles. The number of para-hydroxylation sites is 1. The van der Waals surface area contributed by atoms with Crippen molar-refractivity contribution >= 4 is 34.3 Å². The van der Waals surface area contributed by atoms with Crippen molar-refractivity contribution in [3.8, 4) is 17.5 Å². The van der Waals surface area contributed by atoms with E-state index in [1.165, 1.54) is 10.9 Å². The van der Waals surface area contributed by atoms with Gasteiger partial charge in [0.05, 0.1) is 11.7 Å². The number of carbonyl (C=O) groups excluding carboxylic acids is 1. The van der Waals surface area contributed by atoms with Gasteiger partial charge in [0.2, 0.25) is 0 Å². The molecular weight excluding hydrogens is 430 g/mol. The number of aromatic nitrogens is 4. The molecule has 1 fully saturated rings. The van der Waals surface area contributed by atoms with E-state index in [1.54, 1.807) is 16.4 Å². The van der Waals surface area contributed by atoms with E-state index < -0.39 is 0 Å². The normalized spacial score (nSPS) is 15.2.